The average molecular weight is 416 g/mol. The smallest absolute Gasteiger partial charge is 0.414 e. The van der Waals surface area contributed by atoms with E-state index in [0.29, 0.717) is 20.6 Å². The number of amides is 2. The van der Waals surface area contributed by atoms with Gasteiger partial charge in [0, 0.05) is 13.6 Å². The van der Waals surface area contributed by atoms with Crippen LogP contribution in [0.5, 0.6) is 0 Å². The van der Waals surface area contributed by atoms with Crippen LogP contribution >= 0.6 is 50.1 Å². The van der Waals surface area contributed by atoms with Gasteiger partial charge in [-0.1, -0.05) is 11.6 Å². The number of imide groups is 1. The van der Waals surface area contributed by atoms with Crippen LogP contribution in [0.15, 0.2) is 10.5 Å². The molecule has 4 nitrogen and oxygen atoms in total. The van der Waals surface area contributed by atoms with Crippen LogP contribution in [-0.4, -0.2) is 22.0 Å². The van der Waals surface area contributed by atoms with Gasteiger partial charge in [0.25, 0.3) is 5.91 Å². The molecule has 0 unspecified atom stereocenters. The molecular weight excluding hydrogens is 412 g/mol. The topological polar surface area (TPSA) is 57.6 Å². The van der Waals surface area contributed by atoms with Gasteiger partial charge in [0.2, 0.25) is 0 Å². The van der Waals surface area contributed by atoms with E-state index in [9.17, 15) is 9.59 Å². The van der Waals surface area contributed by atoms with Gasteiger partial charge in [-0.2, -0.15) is 0 Å². The molecule has 0 atom stereocenters. The average Bonchev–Trinajstić information content (AvgIpc) is 2.53. The first-order chi connectivity index (χ1) is 7.43. The Balaban J connectivity index is 2.64. The van der Waals surface area contributed by atoms with Crippen molar-refractivity contribution < 1.29 is 14.7 Å². The van der Waals surface area contributed by atoms with Gasteiger partial charge in [0.15, 0.2) is 0 Å². The van der Waals surface area contributed by atoms with Gasteiger partial charge in [0.05, 0.1) is 17.1 Å². The third-order valence-corrected chi connectivity index (χ3v) is 4.75. The number of carbonyl (C=O) groups is 2. The van der Waals surface area contributed by atoms with Crippen LogP contribution in [0.2, 0.25) is 5.02 Å². The summed E-state index contributed by atoms with van der Waals surface area (Å²) < 4.78 is 1.25. The molecule has 0 spiro atoms. The van der Waals surface area contributed by atoms with Crippen LogP contribution in [0.1, 0.15) is 15.9 Å². The zero-order chi connectivity index (χ0) is 12.0. The van der Waals surface area contributed by atoms with Gasteiger partial charge in [-0.25, -0.2) is 9.69 Å². The van der Waals surface area contributed by atoms with Crippen LogP contribution in [0.4, 0.5) is 4.79 Å². The highest BCUT2D eigenvalue weighted by Gasteiger charge is 2.35. The Morgan fingerprint density at radius 1 is 1.62 bits per heavy atom. The maximum Gasteiger partial charge on any atom is 0.414 e. The number of hydrogen-bond donors (Lipinski definition) is 1. The van der Waals surface area contributed by atoms with Crippen molar-refractivity contribution >= 4 is 62.1 Å². The van der Waals surface area contributed by atoms with Crippen molar-refractivity contribution in [2.75, 3.05) is 0 Å². The van der Waals surface area contributed by atoms with Crippen LogP contribution in [-0.2, 0) is 6.54 Å². The Morgan fingerprint density at radius 2 is 2.25 bits per heavy atom. The first kappa shape index (κ1) is 12.1. The van der Waals surface area contributed by atoms with Crippen molar-refractivity contribution in [2.45, 2.75) is 6.54 Å². The zero-order valence-corrected chi connectivity index (χ0v) is 12.1. The minimum atomic E-state index is -1.25. The Kier molecular flexibility index (Phi) is 3.15. The van der Waals surface area contributed by atoms with E-state index < -0.39 is 12.0 Å². The minimum absolute atomic E-state index is 0.0565. The Hall–Kier alpha value is -0.340. The van der Waals surface area contributed by atoms with Crippen LogP contribution in [0.25, 0.3) is 0 Å². The first-order valence-electron chi connectivity index (χ1n) is 4.14. The summed E-state index contributed by atoms with van der Waals surface area (Å²) >= 11 is 11.2. The Bertz CT molecular complexity index is 520. The normalized spacial score (nSPS) is 14.2. The zero-order valence-electron chi connectivity index (χ0n) is 7.63. The summed E-state index contributed by atoms with van der Waals surface area (Å²) in [4.78, 5) is 23.4. The Labute approximate surface area is 118 Å². The van der Waals surface area contributed by atoms with Crippen molar-refractivity contribution in [3.8, 4) is 0 Å². The largest absolute Gasteiger partial charge is 0.465 e. The monoisotopic (exact) mass is 415 g/mol. The number of carboxylic acid groups (broad SMARTS) is 1. The number of benzene rings is 1. The molecule has 1 N–H and O–H groups in total. The third kappa shape index (κ3) is 1.72. The molecule has 1 aliphatic rings. The summed E-state index contributed by atoms with van der Waals surface area (Å²) in [6, 6.07) is 1.60. The fourth-order valence-electron chi connectivity index (χ4n) is 1.54. The minimum Gasteiger partial charge on any atom is -0.465 e. The van der Waals surface area contributed by atoms with Crippen LogP contribution < -0.4 is 0 Å². The molecule has 1 aromatic rings. The second kappa shape index (κ2) is 4.15. The van der Waals surface area contributed by atoms with Crippen molar-refractivity contribution in [1.29, 1.82) is 0 Å². The van der Waals surface area contributed by atoms with E-state index in [2.05, 4.69) is 15.9 Å². The van der Waals surface area contributed by atoms with Gasteiger partial charge < -0.3 is 5.11 Å². The number of fused-ring (bicyclic) bond motifs is 1. The fourth-order valence-corrected chi connectivity index (χ4v) is 3.13. The maximum atomic E-state index is 11.8. The summed E-state index contributed by atoms with van der Waals surface area (Å²) in [5.41, 5.74) is 1.04. The highest BCUT2D eigenvalue weighted by atomic mass is 127. The molecule has 1 heterocycles. The molecule has 2 rings (SSSR count). The van der Waals surface area contributed by atoms with E-state index in [1.807, 2.05) is 22.6 Å². The van der Waals surface area contributed by atoms with Crippen molar-refractivity contribution in [2.24, 2.45) is 0 Å². The van der Waals surface area contributed by atoms with Crippen molar-refractivity contribution in [1.82, 2.24) is 4.90 Å². The number of carbonyl (C=O) groups excluding carboxylic acids is 1. The summed E-state index contributed by atoms with van der Waals surface area (Å²) in [7, 11) is 0. The summed E-state index contributed by atoms with van der Waals surface area (Å²) in [5.74, 6) is -0.510. The SMILES string of the molecule is O=C(O)N1Cc2c(I)c(Cl)cc(Br)c2C1=O. The lowest BCUT2D eigenvalue weighted by Crippen LogP contribution is -2.29. The van der Waals surface area contributed by atoms with Gasteiger partial charge in [-0.05, 0) is 44.6 Å². The highest BCUT2D eigenvalue weighted by Crippen LogP contribution is 2.36. The number of nitrogens with zero attached hydrogens (tertiary/aromatic N) is 1. The van der Waals surface area contributed by atoms with Gasteiger partial charge in [-0.3, -0.25) is 4.79 Å². The number of hydrogen-bond acceptors (Lipinski definition) is 2. The first-order valence-corrected chi connectivity index (χ1v) is 6.39. The summed E-state index contributed by atoms with van der Waals surface area (Å²) in [6.45, 7) is 0.0565. The van der Waals surface area contributed by atoms with E-state index >= 15 is 0 Å². The fraction of sp³-hybridized carbons (Fsp3) is 0.111. The number of rotatable bonds is 0. The second-order valence-electron chi connectivity index (χ2n) is 3.18. The van der Waals surface area contributed by atoms with Crippen molar-refractivity contribution in [3.05, 3.63) is 30.3 Å². The van der Waals surface area contributed by atoms with Gasteiger partial charge in [-0.15, -0.1) is 0 Å². The van der Waals surface area contributed by atoms with Gasteiger partial charge in [0.1, 0.15) is 0 Å². The van der Waals surface area contributed by atoms with Crippen molar-refractivity contribution in [3.63, 3.8) is 0 Å². The van der Waals surface area contributed by atoms with E-state index in [1.165, 1.54) is 0 Å². The second-order valence-corrected chi connectivity index (χ2v) is 5.52. The van der Waals surface area contributed by atoms with Crippen LogP contribution in [0.3, 0.4) is 0 Å². The molecule has 7 heteroatoms. The number of halogens is 3. The van der Waals surface area contributed by atoms with E-state index in [4.69, 9.17) is 16.7 Å². The molecule has 84 valence electrons. The quantitative estimate of drug-likeness (QED) is 0.521. The molecule has 16 heavy (non-hydrogen) atoms. The predicted octanol–water partition coefficient (Wildman–Crippen LogP) is 3.34. The van der Waals surface area contributed by atoms with E-state index in [-0.39, 0.29) is 6.54 Å². The van der Waals surface area contributed by atoms with Gasteiger partial charge >= 0.3 is 6.09 Å². The lowest BCUT2D eigenvalue weighted by molar-refractivity contribution is 0.0763. The lowest BCUT2D eigenvalue weighted by atomic mass is 10.1. The molecule has 0 aromatic heterocycles. The van der Waals surface area contributed by atoms with E-state index in [1.54, 1.807) is 6.07 Å². The molecule has 0 saturated heterocycles. The Morgan fingerprint density at radius 3 is 2.81 bits per heavy atom. The molecule has 2 amide bonds. The lowest BCUT2D eigenvalue weighted by Gasteiger charge is -2.06. The van der Waals surface area contributed by atoms with E-state index in [0.717, 1.165) is 8.47 Å². The molecule has 0 fully saturated rings. The molecule has 0 aliphatic carbocycles. The highest BCUT2D eigenvalue weighted by molar-refractivity contribution is 14.1. The summed E-state index contributed by atoms with van der Waals surface area (Å²) in [5, 5.41) is 9.37. The summed E-state index contributed by atoms with van der Waals surface area (Å²) in [6.07, 6.45) is -1.25. The molecule has 0 saturated carbocycles. The maximum absolute atomic E-state index is 11.8. The van der Waals surface area contributed by atoms with Crippen LogP contribution in [0, 0.1) is 3.57 Å². The standard InChI is InChI=1S/C9H4BrClINO3/c10-4-1-5(11)7(12)3-2-13(9(15)16)8(14)6(3)4/h1H,2H2,(H,15,16). The molecule has 0 radical (unpaired) electrons. The predicted molar refractivity (Wildman–Crippen MR) is 69.8 cm³/mol. The molecule has 1 aromatic carbocycles. The molecular formula is C9H4BrClINO3. The third-order valence-electron chi connectivity index (χ3n) is 2.27. The molecule has 0 bridgehead atoms. The molecule has 1 aliphatic heterocycles.